The van der Waals surface area contributed by atoms with Crippen LogP contribution in [-0.2, 0) is 9.47 Å². The van der Waals surface area contributed by atoms with Crippen LogP contribution < -0.4 is 5.32 Å². The molecule has 0 amide bonds. The summed E-state index contributed by atoms with van der Waals surface area (Å²) in [5, 5.41) is 12.1. The Morgan fingerprint density at radius 2 is 2.06 bits per heavy atom. The van der Waals surface area contributed by atoms with Gasteiger partial charge in [0, 0.05) is 6.42 Å². The summed E-state index contributed by atoms with van der Waals surface area (Å²) < 4.78 is 47.1. The Hall–Kier alpha value is -0.370. The van der Waals surface area contributed by atoms with E-state index in [1.54, 1.807) is 0 Å². The standard InChI is InChI=1S/C11H18F3NO3/c12-11(13,14)9(16)7-17-8-5-10(18-6-8)1-3-15-4-2-10/h8-9,15-16H,1-7H2. The summed E-state index contributed by atoms with van der Waals surface area (Å²) in [6.45, 7) is 1.31. The Morgan fingerprint density at radius 3 is 2.67 bits per heavy atom. The summed E-state index contributed by atoms with van der Waals surface area (Å²) in [4.78, 5) is 0. The Balaban J connectivity index is 1.76. The third-order valence-electron chi connectivity index (χ3n) is 3.56. The molecular weight excluding hydrogens is 251 g/mol. The number of alkyl halides is 3. The molecule has 4 nitrogen and oxygen atoms in total. The number of aliphatic hydroxyl groups excluding tert-OH is 1. The molecule has 2 aliphatic heterocycles. The van der Waals surface area contributed by atoms with Crippen LogP contribution in [0.2, 0.25) is 0 Å². The monoisotopic (exact) mass is 269 g/mol. The van der Waals surface area contributed by atoms with Gasteiger partial charge in [0.2, 0.25) is 0 Å². The van der Waals surface area contributed by atoms with E-state index in [-0.39, 0.29) is 11.7 Å². The summed E-state index contributed by atoms with van der Waals surface area (Å²) in [5.74, 6) is 0. The lowest BCUT2D eigenvalue weighted by molar-refractivity contribution is -0.220. The van der Waals surface area contributed by atoms with Crippen LogP contribution in [0.3, 0.4) is 0 Å². The zero-order valence-electron chi connectivity index (χ0n) is 10.0. The highest BCUT2D eigenvalue weighted by atomic mass is 19.4. The van der Waals surface area contributed by atoms with Crippen LogP contribution in [0.15, 0.2) is 0 Å². The second-order valence-electron chi connectivity index (χ2n) is 4.96. The third-order valence-corrected chi connectivity index (χ3v) is 3.56. The van der Waals surface area contributed by atoms with Crippen LogP contribution in [0.4, 0.5) is 13.2 Å². The van der Waals surface area contributed by atoms with Crippen LogP contribution >= 0.6 is 0 Å². The lowest BCUT2D eigenvalue weighted by Crippen LogP contribution is -2.41. The van der Waals surface area contributed by atoms with Crippen molar-refractivity contribution in [3.8, 4) is 0 Å². The van der Waals surface area contributed by atoms with Crippen molar-refractivity contribution in [1.29, 1.82) is 0 Å². The summed E-state index contributed by atoms with van der Waals surface area (Å²) in [5.41, 5.74) is -0.237. The number of aliphatic hydroxyl groups is 1. The number of ether oxygens (including phenoxy) is 2. The number of nitrogens with one attached hydrogen (secondary N) is 1. The first-order valence-corrected chi connectivity index (χ1v) is 6.12. The maximum atomic E-state index is 12.1. The van der Waals surface area contributed by atoms with E-state index >= 15 is 0 Å². The van der Waals surface area contributed by atoms with Crippen molar-refractivity contribution in [2.45, 2.75) is 43.2 Å². The van der Waals surface area contributed by atoms with E-state index in [0.717, 1.165) is 25.9 Å². The van der Waals surface area contributed by atoms with E-state index < -0.39 is 18.9 Å². The van der Waals surface area contributed by atoms with Crippen LogP contribution in [0.5, 0.6) is 0 Å². The molecule has 2 fully saturated rings. The zero-order chi connectivity index (χ0) is 13.2. The SMILES string of the molecule is OC(COC1COC2(CCNCC2)C1)C(F)(F)F. The lowest BCUT2D eigenvalue weighted by Gasteiger charge is -2.32. The van der Waals surface area contributed by atoms with Crippen molar-refractivity contribution in [3.05, 3.63) is 0 Å². The van der Waals surface area contributed by atoms with Crippen LogP contribution in [0.25, 0.3) is 0 Å². The largest absolute Gasteiger partial charge is 0.416 e. The molecule has 0 saturated carbocycles. The molecule has 2 heterocycles. The molecule has 2 rings (SSSR count). The van der Waals surface area contributed by atoms with E-state index in [2.05, 4.69) is 5.32 Å². The lowest BCUT2D eigenvalue weighted by atomic mass is 9.89. The van der Waals surface area contributed by atoms with Crippen molar-refractivity contribution in [2.75, 3.05) is 26.3 Å². The number of piperidine rings is 1. The highest BCUT2D eigenvalue weighted by Crippen LogP contribution is 2.35. The molecule has 0 aromatic rings. The molecule has 7 heteroatoms. The van der Waals surface area contributed by atoms with Gasteiger partial charge in [-0.2, -0.15) is 13.2 Å². The molecule has 0 aromatic carbocycles. The van der Waals surface area contributed by atoms with Gasteiger partial charge in [0.05, 0.1) is 24.9 Å². The Kier molecular flexibility index (Phi) is 4.15. The third kappa shape index (κ3) is 3.34. The topological polar surface area (TPSA) is 50.7 Å². The maximum absolute atomic E-state index is 12.1. The van der Waals surface area contributed by atoms with Gasteiger partial charge in [0.25, 0.3) is 0 Å². The smallest absolute Gasteiger partial charge is 0.382 e. The van der Waals surface area contributed by atoms with Gasteiger partial charge in [-0.25, -0.2) is 0 Å². The van der Waals surface area contributed by atoms with E-state index in [9.17, 15) is 13.2 Å². The van der Waals surface area contributed by atoms with Gasteiger partial charge < -0.3 is 19.9 Å². The molecule has 106 valence electrons. The minimum atomic E-state index is -4.62. The molecule has 0 radical (unpaired) electrons. The summed E-state index contributed by atoms with van der Waals surface area (Å²) in [6.07, 6.45) is -5.06. The van der Waals surface area contributed by atoms with Crippen molar-refractivity contribution in [2.24, 2.45) is 0 Å². The molecule has 0 bridgehead atoms. The van der Waals surface area contributed by atoms with E-state index in [4.69, 9.17) is 14.6 Å². The first-order chi connectivity index (χ1) is 8.41. The van der Waals surface area contributed by atoms with Crippen molar-refractivity contribution in [3.63, 3.8) is 0 Å². The van der Waals surface area contributed by atoms with Gasteiger partial charge in [-0.1, -0.05) is 0 Å². The summed E-state index contributed by atoms with van der Waals surface area (Å²) >= 11 is 0. The fourth-order valence-corrected chi connectivity index (χ4v) is 2.46. The first-order valence-electron chi connectivity index (χ1n) is 6.12. The van der Waals surface area contributed by atoms with Gasteiger partial charge in [0.1, 0.15) is 0 Å². The summed E-state index contributed by atoms with van der Waals surface area (Å²) in [6, 6.07) is 0. The van der Waals surface area contributed by atoms with Gasteiger partial charge >= 0.3 is 6.18 Å². The van der Waals surface area contributed by atoms with Crippen molar-refractivity contribution in [1.82, 2.24) is 5.32 Å². The van der Waals surface area contributed by atoms with Gasteiger partial charge in [-0.05, 0) is 25.9 Å². The molecule has 1 spiro atoms. The fourth-order valence-electron chi connectivity index (χ4n) is 2.46. The molecule has 0 aliphatic carbocycles. The van der Waals surface area contributed by atoms with Crippen molar-refractivity contribution >= 4 is 0 Å². The molecule has 2 unspecified atom stereocenters. The number of hydrogen-bond acceptors (Lipinski definition) is 4. The first kappa shape index (κ1) is 14.0. The molecule has 2 aliphatic rings. The van der Waals surface area contributed by atoms with E-state index in [0.29, 0.717) is 13.0 Å². The Morgan fingerprint density at radius 1 is 1.39 bits per heavy atom. The van der Waals surface area contributed by atoms with Crippen molar-refractivity contribution < 1.29 is 27.8 Å². The quantitative estimate of drug-likeness (QED) is 0.797. The van der Waals surface area contributed by atoms with E-state index in [1.807, 2.05) is 0 Å². The second kappa shape index (κ2) is 5.32. The molecule has 2 saturated heterocycles. The highest BCUT2D eigenvalue weighted by Gasteiger charge is 2.43. The van der Waals surface area contributed by atoms with Crippen LogP contribution in [0, 0.1) is 0 Å². The number of rotatable bonds is 3. The van der Waals surface area contributed by atoms with Crippen LogP contribution in [-0.4, -0.2) is 55.4 Å². The number of halogens is 3. The van der Waals surface area contributed by atoms with E-state index in [1.165, 1.54) is 0 Å². The fraction of sp³-hybridized carbons (Fsp3) is 1.00. The molecular formula is C11H18F3NO3. The second-order valence-corrected chi connectivity index (χ2v) is 4.96. The highest BCUT2D eigenvalue weighted by molar-refractivity contribution is 4.93. The Labute approximate surface area is 103 Å². The normalized spacial score (nSPS) is 29.7. The Bertz CT molecular complexity index is 279. The number of hydrogen-bond donors (Lipinski definition) is 2. The van der Waals surface area contributed by atoms with Gasteiger partial charge in [-0.3, -0.25) is 0 Å². The minimum absolute atomic E-state index is 0.237. The molecule has 18 heavy (non-hydrogen) atoms. The predicted octanol–water partition coefficient (Wildman–Crippen LogP) is 0.837. The van der Waals surface area contributed by atoms with Gasteiger partial charge in [0.15, 0.2) is 6.10 Å². The minimum Gasteiger partial charge on any atom is -0.382 e. The van der Waals surface area contributed by atoms with Crippen LogP contribution in [0.1, 0.15) is 19.3 Å². The maximum Gasteiger partial charge on any atom is 0.416 e. The zero-order valence-corrected chi connectivity index (χ0v) is 10.0. The molecule has 2 atom stereocenters. The average Bonchev–Trinajstić information content (AvgIpc) is 2.69. The molecule has 0 aromatic heterocycles. The average molecular weight is 269 g/mol. The van der Waals surface area contributed by atoms with Gasteiger partial charge in [-0.15, -0.1) is 0 Å². The summed E-state index contributed by atoms with van der Waals surface area (Å²) in [7, 11) is 0. The molecule has 2 N–H and O–H groups in total. The predicted molar refractivity (Wildman–Crippen MR) is 57.2 cm³/mol.